The van der Waals surface area contributed by atoms with Crippen LogP contribution in [0.25, 0.3) is 0 Å². The van der Waals surface area contributed by atoms with Crippen molar-refractivity contribution in [3.63, 3.8) is 0 Å². The van der Waals surface area contributed by atoms with Crippen molar-refractivity contribution in [1.82, 2.24) is 9.55 Å². The van der Waals surface area contributed by atoms with Crippen LogP contribution >= 0.6 is 0 Å². The minimum atomic E-state index is 0.0754. The molecule has 0 aliphatic heterocycles. The number of aryl methyl sites for hydroxylation is 2. The number of hydrogen-bond donors (Lipinski definition) is 0. The Bertz CT molecular complexity index is 529. The Morgan fingerprint density at radius 2 is 2.06 bits per heavy atom. The highest BCUT2D eigenvalue weighted by Crippen LogP contribution is 2.13. The number of methoxy groups -OCH3 is 1. The minimum absolute atomic E-state index is 0.0754. The van der Waals surface area contributed by atoms with Crippen molar-refractivity contribution in [1.29, 1.82) is 0 Å². The molecule has 94 valence electrons. The molecule has 0 bridgehead atoms. The topological polar surface area (TPSA) is 44.1 Å². The number of Topliss-reactive ketones (excluding diaryl/α,β-unsaturated/α-hetero) is 1. The molecule has 2 aromatic rings. The summed E-state index contributed by atoms with van der Waals surface area (Å²) < 4.78 is 6.87. The lowest BCUT2D eigenvalue weighted by Gasteiger charge is -2.02. The number of imidazole rings is 1. The quantitative estimate of drug-likeness (QED) is 0.758. The van der Waals surface area contributed by atoms with Crippen molar-refractivity contribution in [2.24, 2.45) is 7.05 Å². The zero-order valence-corrected chi connectivity index (χ0v) is 10.6. The molecule has 0 amide bonds. The van der Waals surface area contributed by atoms with Crippen LogP contribution in [-0.4, -0.2) is 22.4 Å². The second kappa shape index (κ2) is 5.49. The summed E-state index contributed by atoms with van der Waals surface area (Å²) in [4.78, 5) is 15.9. The molecule has 0 aliphatic carbocycles. The van der Waals surface area contributed by atoms with Gasteiger partial charge in [0.2, 0.25) is 0 Å². The molecule has 0 saturated heterocycles. The Kier molecular flexibility index (Phi) is 3.77. The van der Waals surface area contributed by atoms with Crippen LogP contribution in [0.4, 0.5) is 0 Å². The Morgan fingerprint density at radius 1 is 1.33 bits per heavy atom. The van der Waals surface area contributed by atoms with Gasteiger partial charge in [-0.15, -0.1) is 0 Å². The fourth-order valence-corrected chi connectivity index (χ4v) is 1.73. The van der Waals surface area contributed by atoms with Gasteiger partial charge in [0, 0.05) is 19.7 Å². The van der Waals surface area contributed by atoms with Gasteiger partial charge in [0.25, 0.3) is 0 Å². The first kappa shape index (κ1) is 12.4. The number of carbonyl (C=O) groups excluding carboxylic acids is 1. The fraction of sp³-hybridized carbons (Fsp3) is 0.286. The highest BCUT2D eigenvalue weighted by atomic mass is 16.5. The first-order valence-electron chi connectivity index (χ1n) is 5.83. The summed E-state index contributed by atoms with van der Waals surface area (Å²) in [5.74, 6) is 0.904. The van der Waals surface area contributed by atoms with E-state index in [0.717, 1.165) is 17.7 Å². The molecule has 0 N–H and O–H groups in total. The van der Waals surface area contributed by atoms with E-state index in [1.807, 2.05) is 31.3 Å². The van der Waals surface area contributed by atoms with E-state index < -0.39 is 0 Å². The zero-order chi connectivity index (χ0) is 13.0. The van der Waals surface area contributed by atoms with Crippen LogP contribution in [0.15, 0.2) is 36.8 Å². The second-order valence-corrected chi connectivity index (χ2v) is 4.20. The highest BCUT2D eigenvalue weighted by molar-refractivity contribution is 5.94. The zero-order valence-electron chi connectivity index (χ0n) is 10.6. The van der Waals surface area contributed by atoms with E-state index in [4.69, 9.17) is 4.74 Å². The van der Waals surface area contributed by atoms with E-state index in [-0.39, 0.29) is 5.78 Å². The number of ketones is 1. The average molecular weight is 244 g/mol. The summed E-state index contributed by atoms with van der Waals surface area (Å²) in [5.41, 5.74) is 1.66. The monoisotopic (exact) mass is 244 g/mol. The van der Waals surface area contributed by atoms with Gasteiger partial charge >= 0.3 is 0 Å². The third-order valence-electron chi connectivity index (χ3n) is 2.79. The van der Waals surface area contributed by atoms with Crippen molar-refractivity contribution in [3.8, 4) is 5.75 Å². The number of nitrogens with zero attached hydrogens (tertiary/aromatic N) is 2. The summed E-state index contributed by atoms with van der Waals surface area (Å²) in [7, 11) is 3.49. The number of carbonyl (C=O) groups is 1. The standard InChI is InChI=1S/C14H16N2O2/c1-16-9-13(15-10-16)14(17)8-5-11-3-6-12(18-2)7-4-11/h3-4,6-7,9-10H,5,8H2,1-2H3. The van der Waals surface area contributed by atoms with Crippen molar-refractivity contribution in [2.75, 3.05) is 7.11 Å². The molecule has 4 heteroatoms. The average Bonchev–Trinajstić information content (AvgIpc) is 2.83. The minimum Gasteiger partial charge on any atom is -0.497 e. The van der Waals surface area contributed by atoms with E-state index in [9.17, 15) is 4.79 Å². The molecule has 0 saturated carbocycles. The Morgan fingerprint density at radius 3 is 2.61 bits per heavy atom. The number of aromatic nitrogens is 2. The van der Waals surface area contributed by atoms with Crippen molar-refractivity contribution < 1.29 is 9.53 Å². The van der Waals surface area contributed by atoms with Crippen molar-refractivity contribution in [2.45, 2.75) is 12.8 Å². The van der Waals surface area contributed by atoms with E-state index in [2.05, 4.69) is 4.98 Å². The molecule has 0 spiro atoms. The predicted octanol–water partition coefficient (Wildman–Crippen LogP) is 2.24. The van der Waals surface area contributed by atoms with E-state index in [0.29, 0.717) is 12.1 Å². The van der Waals surface area contributed by atoms with Crippen molar-refractivity contribution >= 4 is 5.78 Å². The van der Waals surface area contributed by atoms with Gasteiger partial charge in [0.1, 0.15) is 11.4 Å². The lowest BCUT2D eigenvalue weighted by Crippen LogP contribution is -2.01. The maximum atomic E-state index is 11.9. The largest absolute Gasteiger partial charge is 0.497 e. The molecule has 1 heterocycles. The molecule has 2 rings (SSSR count). The first-order chi connectivity index (χ1) is 8.69. The van der Waals surface area contributed by atoms with Crippen LogP contribution in [0.2, 0.25) is 0 Å². The fourth-order valence-electron chi connectivity index (χ4n) is 1.73. The van der Waals surface area contributed by atoms with Gasteiger partial charge in [0.05, 0.1) is 13.4 Å². The third-order valence-corrected chi connectivity index (χ3v) is 2.79. The van der Waals surface area contributed by atoms with Crippen LogP contribution < -0.4 is 4.74 Å². The summed E-state index contributed by atoms with van der Waals surface area (Å²) in [6, 6.07) is 7.76. The number of hydrogen-bond acceptors (Lipinski definition) is 3. The van der Waals surface area contributed by atoms with Gasteiger partial charge in [-0.2, -0.15) is 0 Å². The molecule has 0 atom stereocenters. The summed E-state index contributed by atoms with van der Waals surface area (Å²) in [6.07, 6.45) is 4.58. The highest BCUT2D eigenvalue weighted by Gasteiger charge is 2.08. The van der Waals surface area contributed by atoms with Gasteiger partial charge in [0.15, 0.2) is 5.78 Å². The molecule has 0 radical (unpaired) electrons. The molecular weight excluding hydrogens is 228 g/mol. The second-order valence-electron chi connectivity index (χ2n) is 4.20. The maximum Gasteiger partial charge on any atom is 0.183 e. The van der Waals surface area contributed by atoms with Crippen LogP contribution in [0.5, 0.6) is 5.75 Å². The van der Waals surface area contributed by atoms with Gasteiger partial charge in [-0.3, -0.25) is 4.79 Å². The maximum absolute atomic E-state index is 11.9. The van der Waals surface area contributed by atoms with E-state index >= 15 is 0 Å². The van der Waals surface area contributed by atoms with E-state index in [1.54, 1.807) is 24.2 Å². The Labute approximate surface area is 106 Å². The third kappa shape index (κ3) is 2.97. The molecule has 0 fully saturated rings. The molecular formula is C14H16N2O2. The smallest absolute Gasteiger partial charge is 0.183 e. The molecule has 0 unspecified atom stereocenters. The van der Waals surface area contributed by atoms with Crippen LogP contribution in [0.3, 0.4) is 0 Å². The van der Waals surface area contributed by atoms with Gasteiger partial charge < -0.3 is 9.30 Å². The Hall–Kier alpha value is -2.10. The molecule has 18 heavy (non-hydrogen) atoms. The van der Waals surface area contributed by atoms with E-state index in [1.165, 1.54) is 0 Å². The number of benzene rings is 1. The van der Waals surface area contributed by atoms with Crippen LogP contribution in [-0.2, 0) is 13.5 Å². The Balaban J connectivity index is 1.92. The summed E-state index contributed by atoms with van der Waals surface area (Å²) >= 11 is 0. The summed E-state index contributed by atoms with van der Waals surface area (Å²) in [6.45, 7) is 0. The molecule has 0 aliphatic rings. The molecule has 4 nitrogen and oxygen atoms in total. The van der Waals surface area contributed by atoms with Crippen molar-refractivity contribution in [3.05, 3.63) is 48.0 Å². The van der Waals surface area contributed by atoms with Crippen LogP contribution in [0, 0.1) is 0 Å². The predicted molar refractivity (Wildman–Crippen MR) is 68.9 cm³/mol. The molecule has 1 aromatic heterocycles. The van der Waals surface area contributed by atoms with Crippen LogP contribution in [0.1, 0.15) is 22.5 Å². The van der Waals surface area contributed by atoms with Gasteiger partial charge in [-0.05, 0) is 24.1 Å². The molecule has 1 aromatic carbocycles. The van der Waals surface area contributed by atoms with Gasteiger partial charge in [-0.25, -0.2) is 4.98 Å². The normalized spacial score (nSPS) is 10.3. The lowest BCUT2D eigenvalue weighted by molar-refractivity contribution is 0.0978. The number of rotatable bonds is 5. The SMILES string of the molecule is COc1ccc(CCC(=O)c2cn(C)cn2)cc1. The lowest BCUT2D eigenvalue weighted by atomic mass is 10.1. The summed E-state index contributed by atoms with van der Waals surface area (Å²) in [5, 5.41) is 0. The van der Waals surface area contributed by atoms with Gasteiger partial charge in [-0.1, -0.05) is 12.1 Å². The first-order valence-corrected chi connectivity index (χ1v) is 5.83. The number of ether oxygens (including phenoxy) is 1.